The molecular weight excluding hydrogens is 330 g/mol. The summed E-state index contributed by atoms with van der Waals surface area (Å²) in [6.45, 7) is 3.82. The highest BCUT2D eigenvalue weighted by molar-refractivity contribution is 7.86. The van der Waals surface area contributed by atoms with E-state index in [4.69, 9.17) is 9.66 Å². The zero-order chi connectivity index (χ0) is 18.4. The van der Waals surface area contributed by atoms with E-state index in [2.05, 4.69) is 0 Å². The molecule has 0 fully saturated rings. The molecule has 9 nitrogen and oxygen atoms in total. The summed E-state index contributed by atoms with van der Waals surface area (Å²) < 4.78 is 31.2. The first-order valence-electron chi connectivity index (χ1n) is 6.74. The molecule has 0 aliphatic heterocycles. The number of aliphatic carboxylic acids is 1. The third-order valence-electron chi connectivity index (χ3n) is 2.71. The van der Waals surface area contributed by atoms with Gasteiger partial charge in [0, 0.05) is 5.57 Å². The van der Waals surface area contributed by atoms with E-state index >= 15 is 0 Å². The van der Waals surface area contributed by atoms with Crippen molar-refractivity contribution in [1.82, 2.24) is 5.06 Å². The number of amides is 1. The predicted octanol–water partition coefficient (Wildman–Crippen LogP) is 0.497. The van der Waals surface area contributed by atoms with E-state index in [1.54, 1.807) is 13.8 Å². The molecule has 132 valence electrons. The molecule has 1 amide bonds. The fourth-order valence-electron chi connectivity index (χ4n) is 1.79. The Morgan fingerprint density at radius 2 is 1.70 bits per heavy atom. The number of hydroxylamine groups is 2. The van der Waals surface area contributed by atoms with Gasteiger partial charge in [0.25, 0.3) is 16.0 Å². The summed E-state index contributed by atoms with van der Waals surface area (Å²) >= 11 is 0. The van der Waals surface area contributed by atoms with Crippen LogP contribution in [0.2, 0.25) is 0 Å². The summed E-state index contributed by atoms with van der Waals surface area (Å²) in [6.07, 6.45) is 0.190. The van der Waals surface area contributed by atoms with E-state index in [0.29, 0.717) is 0 Å². The second kappa shape index (κ2) is 8.75. The van der Waals surface area contributed by atoms with Crippen molar-refractivity contribution in [3.05, 3.63) is 11.6 Å². The summed E-state index contributed by atoms with van der Waals surface area (Å²) in [4.78, 5) is 33.9. The number of hydrogen-bond acceptors (Lipinski definition) is 6. The van der Waals surface area contributed by atoms with Crippen LogP contribution in [-0.2, 0) is 24.5 Å². The van der Waals surface area contributed by atoms with Gasteiger partial charge in [-0.15, -0.1) is 0 Å². The zero-order valence-corrected chi connectivity index (χ0v) is 13.9. The van der Waals surface area contributed by atoms with Crippen molar-refractivity contribution >= 4 is 27.8 Å². The highest BCUT2D eigenvalue weighted by Crippen LogP contribution is 2.15. The van der Waals surface area contributed by atoms with Gasteiger partial charge >= 0.3 is 5.97 Å². The minimum atomic E-state index is -4.78. The van der Waals surface area contributed by atoms with Gasteiger partial charge in [-0.05, 0) is 25.3 Å². The Balaban J connectivity index is 5.30. The fourth-order valence-corrected chi connectivity index (χ4v) is 2.48. The molecule has 0 radical (unpaired) electrons. The van der Waals surface area contributed by atoms with Crippen molar-refractivity contribution < 1.29 is 37.7 Å². The lowest BCUT2D eigenvalue weighted by molar-refractivity contribution is -0.161. The molecule has 0 spiro atoms. The molecular formula is C13H21NO8S. The van der Waals surface area contributed by atoms with E-state index in [1.165, 1.54) is 6.92 Å². The van der Waals surface area contributed by atoms with Crippen molar-refractivity contribution in [3.8, 4) is 0 Å². The lowest BCUT2D eigenvalue weighted by atomic mass is 10.0. The molecule has 1 unspecified atom stereocenters. The second-order valence-electron chi connectivity index (χ2n) is 5.50. The van der Waals surface area contributed by atoms with Crippen LogP contribution in [0.4, 0.5) is 0 Å². The third-order valence-corrected chi connectivity index (χ3v) is 3.87. The highest BCUT2D eigenvalue weighted by atomic mass is 32.2. The molecule has 0 heterocycles. The van der Waals surface area contributed by atoms with Crippen LogP contribution >= 0.6 is 0 Å². The summed E-state index contributed by atoms with van der Waals surface area (Å²) in [6, 6.07) is 0. The Labute approximate surface area is 134 Å². The molecule has 0 aliphatic carbocycles. The van der Waals surface area contributed by atoms with Crippen LogP contribution in [0.15, 0.2) is 11.6 Å². The maximum absolute atomic E-state index is 12.1. The Hall–Kier alpha value is -1.78. The normalized spacial score (nSPS) is 13.7. The average Bonchev–Trinajstić information content (AvgIpc) is 2.33. The van der Waals surface area contributed by atoms with Gasteiger partial charge in [-0.1, -0.05) is 13.8 Å². The van der Waals surface area contributed by atoms with Crippen LogP contribution < -0.4 is 0 Å². The van der Waals surface area contributed by atoms with Gasteiger partial charge in [0.2, 0.25) is 0 Å². The SMILES string of the molecule is CC(=O)/C=C(\CC(C)C)C(=O)N(O)CC(CC(=O)O)S(=O)(=O)O. The number of hydrogen-bond donors (Lipinski definition) is 3. The molecule has 0 aromatic carbocycles. The van der Waals surface area contributed by atoms with Crippen molar-refractivity contribution in [3.63, 3.8) is 0 Å². The van der Waals surface area contributed by atoms with Crippen LogP contribution in [-0.4, -0.2) is 57.8 Å². The first-order valence-corrected chi connectivity index (χ1v) is 8.24. The van der Waals surface area contributed by atoms with Crippen LogP contribution in [0.25, 0.3) is 0 Å². The smallest absolute Gasteiger partial charge is 0.304 e. The predicted molar refractivity (Wildman–Crippen MR) is 79.3 cm³/mol. The van der Waals surface area contributed by atoms with Gasteiger partial charge in [-0.3, -0.25) is 24.1 Å². The van der Waals surface area contributed by atoms with E-state index in [-0.39, 0.29) is 23.0 Å². The molecule has 0 aliphatic rings. The summed E-state index contributed by atoms with van der Waals surface area (Å²) in [5, 5.41) is 16.5. The lowest BCUT2D eigenvalue weighted by Crippen LogP contribution is -2.40. The molecule has 23 heavy (non-hydrogen) atoms. The van der Waals surface area contributed by atoms with Gasteiger partial charge < -0.3 is 5.11 Å². The number of ketones is 1. The number of carbonyl (C=O) groups excluding carboxylic acids is 2. The summed E-state index contributed by atoms with van der Waals surface area (Å²) in [7, 11) is -4.78. The molecule has 0 rings (SSSR count). The van der Waals surface area contributed by atoms with Crippen molar-refractivity contribution in [1.29, 1.82) is 0 Å². The number of carboxylic acids is 1. The topological polar surface area (TPSA) is 149 Å². The van der Waals surface area contributed by atoms with E-state index in [9.17, 15) is 28.0 Å². The molecule has 0 saturated heterocycles. The maximum Gasteiger partial charge on any atom is 0.304 e. The lowest BCUT2D eigenvalue weighted by Gasteiger charge is -2.21. The minimum absolute atomic E-state index is 0.00146. The van der Waals surface area contributed by atoms with E-state index in [0.717, 1.165) is 6.08 Å². The van der Waals surface area contributed by atoms with E-state index < -0.39 is 46.0 Å². The molecule has 0 aromatic heterocycles. The van der Waals surface area contributed by atoms with Crippen molar-refractivity contribution in [2.24, 2.45) is 5.92 Å². The zero-order valence-electron chi connectivity index (χ0n) is 13.1. The first kappa shape index (κ1) is 21.2. The largest absolute Gasteiger partial charge is 0.481 e. The Morgan fingerprint density at radius 3 is 2.04 bits per heavy atom. The van der Waals surface area contributed by atoms with Crippen molar-refractivity contribution in [2.75, 3.05) is 6.54 Å². The monoisotopic (exact) mass is 351 g/mol. The Kier molecular flexibility index (Phi) is 8.07. The summed E-state index contributed by atoms with van der Waals surface area (Å²) in [5.41, 5.74) is -0.0422. The van der Waals surface area contributed by atoms with Crippen LogP contribution in [0, 0.1) is 5.92 Å². The number of rotatable bonds is 9. The van der Waals surface area contributed by atoms with Gasteiger partial charge in [-0.2, -0.15) is 8.42 Å². The van der Waals surface area contributed by atoms with Crippen LogP contribution in [0.5, 0.6) is 0 Å². The average molecular weight is 351 g/mol. The van der Waals surface area contributed by atoms with Gasteiger partial charge in [0.15, 0.2) is 5.78 Å². The number of nitrogens with zero attached hydrogens (tertiary/aromatic N) is 1. The third kappa shape index (κ3) is 8.43. The number of allylic oxidation sites excluding steroid dienone is 1. The van der Waals surface area contributed by atoms with Gasteiger partial charge in [-0.25, -0.2) is 5.06 Å². The van der Waals surface area contributed by atoms with Crippen molar-refractivity contribution in [2.45, 2.75) is 38.9 Å². The molecule has 10 heteroatoms. The highest BCUT2D eigenvalue weighted by Gasteiger charge is 2.31. The molecule has 0 bridgehead atoms. The van der Waals surface area contributed by atoms with Crippen LogP contribution in [0.1, 0.15) is 33.6 Å². The second-order valence-corrected chi connectivity index (χ2v) is 7.20. The standard InChI is InChI=1S/C13H21NO8S/c1-8(2)4-10(5-9(3)15)13(18)14(19)7-11(6-12(16)17)23(20,21)22/h5,8,11,19H,4,6-7H2,1-3H3,(H,16,17)(H,20,21,22)/b10-5+. The molecule has 0 aromatic rings. The molecule has 0 saturated carbocycles. The summed E-state index contributed by atoms with van der Waals surface area (Å²) in [5.74, 6) is -2.99. The van der Waals surface area contributed by atoms with Gasteiger partial charge in [0.05, 0.1) is 13.0 Å². The maximum atomic E-state index is 12.1. The van der Waals surface area contributed by atoms with Gasteiger partial charge in [0.1, 0.15) is 5.25 Å². The van der Waals surface area contributed by atoms with E-state index in [1.807, 2.05) is 0 Å². The Bertz CT molecular complexity index is 593. The minimum Gasteiger partial charge on any atom is -0.481 e. The first-order chi connectivity index (χ1) is 10.3. The number of carboxylic acid groups (broad SMARTS) is 1. The Morgan fingerprint density at radius 1 is 1.17 bits per heavy atom. The quantitative estimate of drug-likeness (QED) is 0.235. The fraction of sp³-hybridized carbons (Fsp3) is 0.615. The molecule has 1 atom stereocenters. The number of carbonyl (C=O) groups is 3. The van der Waals surface area contributed by atoms with Crippen LogP contribution in [0.3, 0.4) is 0 Å². The molecule has 3 N–H and O–H groups in total.